The van der Waals surface area contributed by atoms with E-state index in [1.807, 2.05) is 0 Å². The number of aliphatic hydroxyl groups excluding tert-OH is 3. The molecule has 4 nitrogen and oxygen atoms in total. The molecule has 4 heteroatoms. The van der Waals surface area contributed by atoms with E-state index >= 15 is 0 Å². The van der Waals surface area contributed by atoms with Crippen LogP contribution in [0.1, 0.15) is 13.8 Å². The maximum Gasteiger partial charge on any atom is 0.132 e. The molecule has 0 radical (unpaired) electrons. The number of hydrogen-bond acceptors (Lipinski definition) is 4. The first kappa shape index (κ1) is 8.84. The molecule has 56 valence electrons. The fourth-order valence-corrected chi connectivity index (χ4v) is 0.386. The highest BCUT2D eigenvalue weighted by Crippen LogP contribution is 1.87. The van der Waals surface area contributed by atoms with E-state index in [0.29, 0.717) is 0 Å². The monoisotopic (exact) mass is 135 g/mol. The first-order chi connectivity index (χ1) is 4.04. The largest absolute Gasteiger partial charge is 0.389 e. The van der Waals surface area contributed by atoms with Crippen LogP contribution < -0.4 is 5.32 Å². The first-order valence-corrected chi connectivity index (χ1v) is 2.84. The lowest BCUT2D eigenvalue weighted by atomic mass is 10.3. The minimum absolute atomic E-state index is 0.797. The minimum atomic E-state index is -1.05. The summed E-state index contributed by atoms with van der Waals surface area (Å²) in [6.45, 7) is 2.89. The Morgan fingerprint density at radius 3 is 1.67 bits per heavy atom. The molecule has 0 spiro atoms. The van der Waals surface area contributed by atoms with E-state index in [0.717, 1.165) is 0 Å². The van der Waals surface area contributed by atoms with Gasteiger partial charge < -0.3 is 15.3 Å². The summed E-state index contributed by atoms with van der Waals surface area (Å²) in [4.78, 5) is 0. The lowest BCUT2D eigenvalue weighted by Gasteiger charge is -2.16. The SMILES string of the molecule is CC(O)NC(O)C(C)O. The Labute approximate surface area is 54.1 Å². The van der Waals surface area contributed by atoms with Crippen LogP contribution in [0.2, 0.25) is 0 Å². The van der Waals surface area contributed by atoms with Gasteiger partial charge in [0.2, 0.25) is 0 Å². The Morgan fingerprint density at radius 1 is 1.11 bits per heavy atom. The maximum atomic E-state index is 8.78. The summed E-state index contributed by atoms with van der Waals surface area (Å²) >= 11 is 0. The highest BCUT2D eigenvalue weighted by atomic mass is 16.4. The molecule has 0 heterocycles. The van der Waals surface area contributed by atoms with Gasteiger partial charge in [-0.25, -0.2) is 0 Å². The van der Waals surface area contributed by atoms with E-state index in [1.54, 1.807) is 0 Å². The first-order valence-electron chi connectivity index (χ1n) is 2.84. The van der Waals surface area contributed by atoms with E-state index in [9.17, 15) is 0 Å². The van der Waals surface area contributed by atoms with Crippen molar-refractivity contribution in [1.29, 1.82) is 0 Å². The molecule has 3 unspecified atom stereocenters. The van der Waals surface area contributed by atoms with E-state index in [-0.39, 0.29) is 0 Å². The van der Waals surface area contributed by atoms with Gasteiger partial charge in [-0.1, -0.05) is 0 Å². The molecule has 9 heavy (non-hydrogen) atoms. The van der Waals surface area contributed by atoms with Crippen molar-refractivity contribution in [2.75, 3.05) is 0 Å². The van der Waals surface area contributed by atoms with Gasteiger partial charge in [-0.15, -0.1) is 0 Å². The summed E-state index contributed by atoms with van der Waals surface area (Å²) in [5.41, 5.74) is 0. The van der Waals surface area contributed by atoms with E-state index in [2.05, 4.69) is 5.32 Å². The molecule has 0 amide bonds. The van der Waals surface area contributed by atoms with Crippen LogP contribution in [0, 0.1) is 0 Å². The third kappa shape index (κ3) is 4.35. The van der Waals surface area contributed by atoms with Crippen LogP contribution in [0.3, 0.4) is 0 Å². The Bertz CT molecular complexity index is 74.6. The molecule has 4 N–H and O–H groups in total. The minimum Gasteiger partial charge on any atom is -0.389 e. The van der Waals surface area contributed by atoms with Gasteiger partial charge in [0.25, 0.3) is 0 Å². The maximum absolute atomic E-state index is 8.78. The summed E-state index contributed by atoms with van der Waals surface area (Å²) < 4.78 is 0. The van der Waals surface area contributed by atoms with Gasteiger partial charge in [-0.2, -0.15) is 0 Å². The average molecular weight is 135 g/mol. The fourth-order valence-electron chi connectivity index (χ4n) is 0.386. The Kier molecular flexibility index (Phi) is 3.72. The Hall–Kier alpha value is -0.160. The Balaban J connectivity index is 3.38. The van der Waals surface area contributed by atoms with Crippen molar-refractivity contribution in [2.24, 2.45) is 0 Å². The molecule has 0 aromatic heterocycles. The third-order valence-electron chi connectivity index (χ3n) is 0.869. The highest BCUT2D eigenvalue weighted by molar-refractivity contribution is 4.58. The number of rotatable bonds is 3. The predicted octanol–water partition coefficient (Wildman–Crippen LogP) is -1.39. The number of hydrogen-bond donors (Lipinski definition) is 4. The summed E-state index contributed by atoms with van der Waals surface area (Å²) in [5.74, 6) is 0. The second kappa shape index (κ2) is 3.79. The Morgan fingerprint density at radius 2 is 1.56 bits per heavy atom. The van der Waals surface area contributed by atoms with Crippen LogP contribution in [0.5, 0.6) is 0 Å². The van der Waals surface area contributed by atoms with Gasteiger partial charge in [0.1, 0.15) is 12.5 Å². The zero-order chi connectivity index (χ0) is 7.44. The average Bonchev–Trinajstić information content (AvgIpc) is 1.63. The van der Waals surface area contributed by atoms with Gasteiger partial charge in [0.15, 0.2) is 0 Å². The van der Waals surface area contributed by atoms with Crippen LogP contribution in [0.25, 0.3) is 0 Å². The van der Waals surface area contributed by atoms with E-state index in [1.165, 1.54) is 13.8 Å². The number of aliphatic hydroxyl groups is 3. The lowest BCUT2D eigenvalue weighted by Crippen LogP contribution is -2.42. The molecule has 3 atom stereocenters. The van der Waals surface area contributed by atoms with Crippen molar-refractivity contribution < 1.29 is 15.3 Å². The molecule has 0 rings (SSSR count). The molecule has 0 aliphatic carbocycles. The molecular weight excluding hydrogens is 122 g/mol. The van der Waals surface area contributed by atoms with Crippen molar-refractivity contribution in [1.82, 2.24) is 5.32 Å². The van der Waals surface area contributed by atoms with Crippen molar-refractivity contribution >= 4 is 0 Å². The predicted molar refractivity (Wildman–Crippen MR) is 32.5 cm³/mol. The van der Waals surface area contributed by atoms with E-state index in [4.69, 9.17) is 15.3 Å². The second-order valence-electron chi connectivity index (χ2n) is 2.03. The van der Waals surface area contributed by atoms with Crippen LogP contribution in [0.4, 0.5) is 0 Å². The van der Waals surface area contributed by atoms with E-state index < -0.39 is 18.6 Å². The smallest absolute Gasteiger partial charge is 0.132 e. The summed E-state index contributed by atoms with van der Waals surface area (Å²) in [6.07, 6.45) is -2.71. The molecule has 0 aromatic rings. The van der Waals surface area contributed by atoms with Crippen LogP contribution >= 0.6 is 0 Å². The van der Waals surface area contributed by atoms with Gasteiger partial charge in [-0.05, 0) is 13.8 Å². The fraction of sp³-hybridized carbons (Fsp3) is 1.00. The van der Waals surface area contributed by atoms with Gasteiger partial charge in [0.05, 0.1) is 6.10 Å². The van der Waals surface area contributed by atoms with Gasteiger partial charge in [-0.3, -0.25) is 5.32 Å². The second-order valence-corrected chi connectivity index (χ2v) is 2.03. The normalized spacial score (nSPS) is 21.0. The summed E-state index contributed by atoms with van der Waals surface area (Å²) in [5, 5.41) is 28.3. The zero-order valence-electron chi connectivity index (χ0n) is 5.57. The molecule has 0 aliphatic heterocycles. The number of nitrogens with one attached hydrogen (secondary N) is 1. The quantitative estimate of drug-likeness (QED) is 0.360. The third-order valence-corrected chi connectivity index (χ3v) is 0.869. The van der Waals surface area contributed by atoms with Crippen molar-refractivity contribution in [2.45, 2.75) is 32.4 Å². The molecule has 0 aliphatic rings. The zero-order valence-corrected chi connectivity index (χ0v) is 5.57. The summed E-state index contributed by atoms with van der Waals surface area (Å²) in [7, 11) is 0. The highest BCUT2D eigenvalue weighted by Gasteiger charge is 2.10. The van der Waals surface area contributed by atoms with Gasteiger partial charge >= 0.3 is 0 Å². The molecule has 0 fully saturated rings. The van der Waals surface area contributed by atoms with Crippen LogP contribution in [-0.2, 0) is 0 Å². The van der Waals surface area contributed by atoms with Crippen molar-refractivity contribution in [3.8, 4) is 0 Å². The molecule has 0 bridgehead atoms. The molecule has 0 saturated heterocycles. The van der Waals surface area contributed by atoms with Crippen molar-refractivity contribution in [3.63, 3.8) is 0 Å². The lowest BCUT2D eigenvalue weighted by molar-refractivity contribution is -0.0255. The van der Waals surface area contributed by atoms with Crippen molar-refractivity contribution in [3.05, 3.63) is 0 Å². The van der Waals surface area contributed by atoms with Crippen LogP contribution in [-0.4, -0.2) is 33.9 Å². The molecule has 0 aromatic carbocycles. The standard InChI is InChI=1S/C5H13NO3/c1-3(7)5(9)6-4(2)8/h3-9H,1-2H3. The van der Waals surface area contributed by atoms with Gasteiger partial charge in [0, 0.05) is 0 Å². The van der Waals surface area contributed by atoms with Crippen LogP contribution in [0.15, 0.2) is 0 Å². The summed E-state index contributed by atoms with van der Waals surface area (Å²) in [6, 6.07) is 0. The molecular formula is C5H13NO3. The topological polar surface area (TPSA) is 72.7 Å². The molecule has 0 saturated carbocycles.